The summed E-state index contributed by atoms with van der Waals surface area (Å²) in [6.45, 7) is 11.5. The minimum absolute atomic E-state index is 0.0580. The molecule has 1 atom stereocenters. The van der Waals surface area contributed by atoms with Crippen molar-refractivity contribution in [2.45, 2.75) is 42.9 Å². The van der Waals surface area contributed by atoms with Crippen LogP contribution in [0, 0.1) is 12.4 Å². The zero-order valence-electron chi connectivity index (χ0n) is 19.5. The Morgan fingerprint density at radius 3 is 2.46 bits per heavy atom. The molecule has 182 valence electrons. The zero-order valence-corrected chi connectivity index (χ0v) is 21.1. The first-order valence-electron chi connectivity index (χ1n) is 11.3. The van der Waals surface area contributed by atoms with Gasteiger partial charge in [0.2, 0.25) is 5.69 Å². The quantitative estimate of drug-likeness (QED) is 0.457. The van der Waals surface area contributed by atoms with E-state index in [0.29, 0.717) is 29.1 Å². The van der Waals surface area contributed by atoms with Crippen molar-refractivity contribution in [2.75, 3.05) is 13.1 Å². The molecule has 1 aliphatic heterocycles. The van der Waals surface area contributed by atoms with Gasteiger partial charge < -0.3 is 10.6 Å². The molecular formula is C26H26FN3O3S2. The van der Waals surface area contributed by atoms with Gasteiger partial charge in [0.05, 0.1) is 21.6 Å². The molecule has 0 radical (unpaired) electrons. The van der Waals surface area contributed by atoms with Crippen LogP contribution in [0.3, 0.4) is 0 Å². The van der Waals surface area contributed by atoms with E-state index in [2.05, 4.69) is 4.85 Å². The first-order valence-corrected chi connectivity index (χ1v) is 13.7. The van der Waals surface area contributed by atoms with E-state index in [4.69, 9.17) is 12.3 Å². The van der Waals surface area contributed by atoms with Crippen LogP contribution in [-0.2, 0) is 9.84 Å². The van der Waals surface area contributed by atoms with E-state index < -0.39 is 20.9 Å². The maximum atomic E-state index is 14.5. The van der Waals surface area contributed by atoms with Gasteiger partial charge in [0.25, 0.3) is 5.91 Å². The molecule has 2 N–H and O–H groups in total. The SMILES string of the molecule is [C-]#[N+]c1ccc(-c2cc(C(=O)N3CCC[C@@H](N)C3)sc2-c2ccc(S(=O)(=O)C(C)C)cc2)cc1F. The van der Waals surface area contributed by atoms with Crippen LogP contribution < -0.4 is 5.73 Å². The number of halogens is 1. The van der Waals surface area contributed by atoms with E-state index in [1.807, 2.05) is 0 Å². The summed E-state index contributed by atoms with van der Waals surface area (Å²) in [6, 6.07) is 12.6. The molecule has 2 heterocycles. The van der Waals surface area contributed by atoms with E-state index in [0.717, 1.165) is 23.3 Å². The van der Waals surface area contributed by atoms with Crippen molar-refractivity contribution in [2.24, 2.45) is 5.73 Å². The topological polar surface area (TPSA) is 84.8 Å². The lowest BCUT2D eigenvalue weighted by molar-refractivity contribution is 0.0713. The minimum atomic E-state index is -3.43. The summed E-state index contributed by atoms with van der Waals surface area (Å²) < 4.78 is 39.5. The van der Waals surface area contributed by atoms with Crippen LogP contribution in [0.5, 0.6) is 0 Å². The Hall–Kier alpha value is -3.06. The molecule has 1 fully saturated rings. The second-order valence-corrected chi connectivity index (χ2v) is 12.5. The second-order valence-electron chi connectivity index (χ2n) is 8.90. The van der Waals surface area contributed by atoms with E-state index in [1.165, 1.54) is 23.5 Å². The second kappa shape index (κ2) is 9.90. The number of carbonyl (C=O) groups is 1. The Morgan fingerprint density at radius 1 is 1.17 bits per heavy atom. The summed E-state index contributed by atoms with van der Waals surface area (Å²) in [6.07, 6.45) is 1.72. The molecule has 1 amide bonds. The van der Waals surface area contributed by atoms with Crippen LogP contribution in [0.2, 0.25) is 0 Å². The van der Waals surface area contributed by atoms with E-state index in [1.54, 1.807) is 55.1 Å². The number of thiophene rings is 1. The van der Waals surface area contributed by atoms with Gasteiger partial charge in [0, 0.05) is 29.6 Å². The Labute approximate surface area is 208 Å². The van der Waals surface area contributed by atoms with Gasteiger partial charge in [-0.3, -0.25) is 4.79 Å². The Morgan fingerprint density at radius 2 is 1.86 bits per heavy atom. The lowest BCUT2D eigenvalue weighted by Gasteiger charge is -2.30. The summed E-state index contributed by atoms with van der Waals surface area (Å²) in [5.74, 6) is -0.766. The average Bonchev–Trinajstić information content (AvgIpc) is 3.29. The first kappa shape index (κ1) is 25.0. The van der Waals surface area contributed by atoms with Crippen molar-refractivity contribution in [1.82, 2.24) is 4.90 Å². The van der Waals surface area contributed by atoms with Crippen molar-refractivity contribution in [3.8, 4) is 21.6 Å². The predicted octanol–water partition coefficient (Wildman–Crippen LogP) is 5.52. The number of sulfone groups is 1. The van der Waals surface area contributed by atoms with Crippen LogP contribution >= 0.6 is 11.3 Å². The molecule has 0 unspecified atom stereocenters. The molecule has 0 aliphatic carbocycles. The lowest BCUT2D eigenvalue weighted by Crippen LogP contribution is -2.45. The van der Waals surface area contributed by atoms with Crippen molar-refractivity contribution in [1.29, 1.82) is 0 Å². The van der Waals surface area contributed by atoms with E-state index >= 15 is 0 Å². The fraction of sp³-hybridized carbons (Fsp3) is 0.308. The highest BCUT2D eigenvalue weighted by molar-refractivity contribution is 7.92. The number of likely N-dealkylation sites (tertiary alicyclic amines) is 1. The summed E-state index contributed by atoms with van der Waals surface area (Å²) in [7, 11) is -3.43. The third-order valence-corrected chi connectivity index (χ3v) is 9.48. The maximum absolute atomic E-state index is 14.5. The Balaban J connectivity index is 1.80. The third-order valence-electron chi connectivity index (χ3n) is 6.13. The van der Waals surface area contributed by atoms with Crippen LogP contribution in [0.1, 0.15) is 36.4 Å². The number of carbonyl (C=O) groups excluding carboxylic acids is 1. The van der Waals surface area contributed by atoms with Crippen LogP contribution in [-0.4, -0.2) is 43.6 Å². The third kappa shape index (κ3) is 5.01. The fourth-order valence-corrected chi connectivity index (χ4v) is 6.32. The summed E-state index contributed by atoms with van der Waals surface area (Å²) >= 11 is 1.28. The number of amides is 1. The summed E-state index contributed by atoms with van der Waals surface area (Å²) in [5, 5.41) is -0.547. The monoisotopic (exact) mass is 511 g/mol. The van der Waals surface area contributed by atoms with Crippen LogP contribution in [0.15, 0.2) is 53.4 Å². The zero-order chi connectivity index (χ0) is 25.3. The number of rotatable bonds is 5. The Kier molecular flexibility index (Phi) is 7.08. The normalized spacial score (nSPS) is 16.3. The largest absolute Gasteiger partial charge is 0.336 e. The van der Waals surface area contributed by atoms with E-state index in [9.17, 15) is 17.6 Å². The summed E-state index contributed by atoms with van der Waals surface area (Å²) in [5.41, 5.74) is 7.89. The number of hydrogen-bond acceptors (Lipinski definition) is 5. The van der Waals surface area contributed by atoms with Crippen molar-refractivity contribution >= 4 is 32.8 Å². The molecule has 1 aromatic heterocycles. The molecule has 6 nitrogen and oxygen atoms in total. The molecule has 0 bridgehead atoms. The number of piperidine rings is 1. The number of nitrogens with two attached hydrogens (primary N) is 1. The lowest BCUT2D eigenvalue weighted by atomic mass is 10.0. The highest BCUT2D eigenvalue weighted by Crippen LogP contribution is 2.41. The van der Waals surface area contributed by atoms with Gasteiger partial charge >= 0.3 is 0 Å². The highest BCUT2D eigenvalue weighted by Gasteiger charge is 2.26. The smallest absolute Gasteiger partial charge is 0.264 e. The molecule has 3 aromatic rings. The van der Waals surface area contributed by atoms with Gasteiger partial charge in [-0.15, -0.1) is 11.3 Å². The van der Waals surface area contributed by atoms with Gasteiger partial charge in [-0.05, 0) is 62.1 Å². The minimum Gasteiger partial charge on any atom is -0.336 e. The van der Waals surface area contributed by atoms with Crippen molar-refractivity contribution < 1.29 is 17.6 Å². The average molecular weight is 512 g/mol. The molecule has 1 saturated heterocycles. The molecular weight excluding hydrogens is 485 g/mol. The molecule has 2 aromatic carbocycles. The Bertz CT molecular complexity index is 1410. The standard InChI is InChI=1S/C26H26FN3O3S2/c1-16(2)35(32,33)20-9-6-17(7-10-20)25-21(18-8-11-23(29-3)22(27)13-18)14-24(34-25)26(31)30-12-4-5-19(28)15-30/h6-11,13-14,16,19H,4-5,12,15,28H2,1-2H3/t19-/m1/s1. The number of nitrogens with zero attached hydrogens (tertiary/aromatic N) is 2. The fourth-order valence-electron chi connectivity index (χ4n) is 4.11. The number of benzene rings is 2. The van der Waals surface area contributed by atoms with Gasteiger partial charge in [-0.25, -0.2) is 17.7 Å². The highest BCUT2D eigenvalue weighted by atomic mass is 32.2. The van der Waals surface area contributed by atoms with E-state index in [-0.39, 0.29) is 22.5 Å². The molecule has 4 rings (SSSR count). The molecule has 0 spiro atoms. The molecule has 9 heteroatoms. The predicted molar refractivity (Wildman–Crippen MR) is 137 cm³/mol. The maximum Gasteiger partial charge on any atom is 0.264 e. The van der Waals surface area contributed by atoms with Gasteiger partial charge in [-0.2, -0.15) is 0 Å². The van der Waals surface area contributed by atoms with Gasteiger partial charge in [-0.1, -0.05) is 24.3 Å². The molecule has 0 saturated carbocycles. The molecule has 35 heavy (non-hydrogen) atoms. The van der Waals surface area contributed by atoms with Crippen LogP contribution in [0.4, 0.5) is 10.1 Å². The van der Waals surface area contributed by atoms with Crippen molar-refractivity contribution in [3.05, 3.63) is 70.6 Å². The number of hydrogen-bond donors (Lipinski definition) is 1. The van der Waals surface area contributed by atoms with Crippen LogP contribution in [0.25, 0.3) is 26.4 Å². The van der Waals surface area contributed by atoms with Crippen molar-refractivity contribution in [3.63, 3.8) is 0 Å². The first-order chi connectivity index (χ1) is 16.6. The van der Waals surface area contributed by atoms with Gasteiger partial charge in [0.1, 0.15) is 5.82 Å². The summed E-state index contributed by atoms with van der Waals surface area (Å²) in [4.78, 5) is 19.7. The van der Waals surface area contributed by atoms with Gasteiger partial charge in [0.15, 0.2) is 9.84 Å². The molecule has 1 aliphatic rings.